The number of hydrogen-bond acceptors (Lipinski definition) is 6. The highest BCUT2D eigenvalue weighted by Gasteiger charge is 2.36. The number of nitrogens with zero attached hydrogens (tertiary/aromatic N) is 3. The van der Waals surface area contributed by atoms with E-state index in [-0.39, 0.29) is 18.0 Å². The van der Waals surface area contributed by atoms with Crippen molar-refractivity contribution >= 4 is 23.5 Å². The molecule has 1 aromatic heterocycles. The Morgan fingerprint density at radius 1 is 1.29 bits per heavy atom. The Labute approximate surface area is 127 Å². The molecule has 0 atom stereocenters. The number of Topliss-reactive ketones (excluding diaryl/α,β-unsaturated/α-hetero) is 1. The van der Waals surface area contributed by atoms with E-state index < -0.39 is 5.97 Å². The van der Waals surface area contributed by atoms with Crippen molar-refractivity contribution in [2.45, 2.75) is 56.1 Å². The molecule has 114 valence electrons. The molecular formula is C14H19N3O3S. The molecule has 1 aromatic rings. The Balaban J connectivity index is 1.58. The molecule has 2 aliphatic carbocycles. The van der Waals surface area contributed by atoms with E-state index in [1.54, 1.807) is 6.92 Å². The summed E-state index contributed by atoms with van der Waals surface area (Å²) in [6.45, 7) is 2.04. The van der Waals surface area contributed by atoms with E-state index in [9.17, 15) is 9.59 Å². The van der Waals surface area contributed by atoms with Gasteiger partial charge in [0.05, 0.1) is 12.4 Å². The summed E-state index contributed by atoms with van der Waals surface area (Å²) in [5.74, 6) is 1.30. The quantitative estimate of drug-likeness (QED) is 0.416. The second kappa shape index (κ2) is 6.17. The van der Waals surface area contributed by atoms with Crippen LogP contribution in [0.2, 0.25) is 0 Å². The summed E-state index contributed by atoms with van der Waals surface area (Å²) in [6, 6.07) is 0.512. The summed E-state index contributed by atoms with van der Waals surface area (Å²) in [6.07, 6.45) is 4.56. The van der Waals surface area contributed by atoms with Crippen LogP contribution in [0.15, 0.2) is 5.16 Å². The zero-order valence-electron chi connectivity index (χ0n) is 12.1. The first-order valence-corrected chi connectivity index (χ1v) is 8.42. The molecule has 6 nitrogen and oxygen atoms in total. The maximum absolute atomic E-state index is 11.8. The van der Waals surface area contributed by atoms with Gasteiger partial charge < -0.3 is 9.30 Å². The second-order valence-corrected chi connectivity index (χ2v) is 6.47. The van der Waals surface area contributed by atoms with Gasteiger partial charge in [-0.15, -0.1) is 10.2 Å². The van der Waals surface area contributed by atoms with E-state index >= 15 is 0 Å². The van der Waals surface area contributed by atoms with Crippen LogP contribution in [0.1, 0.15) is 56.8 Å². The fraction of sp³-hybridized carbons (Fsp3) is 0.714. The Morgan fingerprint density at radius 2 is 2.05 bits per heavy atom. The fourth-order valence-corrected chi connectivity index (χ4v) is 3.12. The van der Waals surface area contributed by atoms with Crippen molar-refractivity contribution in [3.8, 4) is 0 Å². The van der Waals surface area contributed by atoms with Crippen LogP contribution in [-0.2, 0) is 14.3 Å². The average molecular weight is 309 g/mol. The molecule has 0 saturated heterocycles. The lowest BCUT2D eigenvalue weighted by Gasteiger charge is -2.07. The summed E-state index contributed by atoms with van der Waals surface area (Å²) in [5.41, 5.74) is 0. The first-order chi connectivity index (χ1) is 10.2. The molecular weight excluding hydrogens is 290 g/mol. The molecule has 0 unspecified atom stereocenters. The van der Waals surface area contributed by atoms with Crippen LogP contribution < -0.4 is 0 Å². The fourth-order valence-electron chi connectivity index (χ4n) is 2.25. The molecule has 2 aliphatic rings. The van der Waals surface area contributed by atoms with Crippen molar-refractivity contribution in [1.82, 2.24) is 14.8 Å². The van der Waals surface area contributed by atoms with E-state index in [1.807, 2.05) is 0 Å². The summed E-state index contributed by atoms with van der Waals surface area (Å²) in [5, 5.41) is 9.35. The zero-order valence-corrected chi connectivity index (χ0v) is 12.9. The average Bonchev–Trinajstić information content (AvgIpc) is 3.35. The Bertz CT molecular complexity index is 550. The van der Waals surface area contributed by atoms with Crippen LogP contribution in [0.4, 0.5) is 0 Å². The van der Waals surface area contributed by atoms with Gasteiger partial charge >= 0.3 is 5.97 Å². The van der Waals surface area contributed by atoms with Crippen molar-refractivity contribution in [3.05, 3.63) is 5.82 Å². The minimum atomic E-state index is -0.453. The molecule has 0 radical (unpaired) electrons. The first-order valence-electron chi connectivity index (χ1n) is 7.44. The molecule has 0 N–H and O–H groups in total. The molecule has 2 saturated carbocycles. The molecule has 2 fully saturated rings. The van der Waals surface area contributed by atoms with Gasteiger partial charge in [0.1, 0.15) is 12.2 Å². The standard InChI is InChI=1S/C14H19N3O3S/c1-2-20-12(19)7-11(18)8-21-14-16-15-13(9-3-4-9)17(14)10-5-6-10/h9-10H,2-8H2,1H3. The van der Waals surface area contributed by atoms with Crippen molar-refractivity contribution in [2.24, 2.45) is 0 Å². The highest BCUT2D eigenvalue weighted by molar-refractivity contribution is 7.99. The van der Waals surface area contributed by atoms with E-state index in [2.05, 4.69) is 14.8 Å². The van der Waals surface area contributed by atoms with Crippen molar-refractivity contribution in [2.75, 3.05) is 12.4 Å². The third-order valence-corrected chi connectivity index (χ3v) is 4.56. The predicted octanol–water partition coefficient (Wildman–Crippen LogP) is 2.10. The van der Waals surface area contributed by atoms with Crippen LogP contribution in [-0.4, -0.2) is 38.9 Å². The van der Waals surface area contributed by atoms with Gasteiger partial charge in [0, 0.05) is 12.0 Å². The van der Waals surface area contributed by atoms with Gasteiger partial charge in [-0.25, -0.2) is 0 Å². The summed E-state index contributed by atoms with van der Waals surface area (Å²) < 4.78 is 6.99. The number of hydrogen-bond donors (Lipinski definition) is 0. The predicted molar refractivity (Wildman–Crippen MR) is 77.2 cm³/mol. The first kappa shape index (κ1) is 14.6. The van der Waals surface area contributed by atoms with Gasteiger partial charge in [-0.05, 0) is 32.6 Å². The van der Waals surface area contributed by atoms with Gasteiger partial charge in [0.15, 0.2) is 10.9 Å². The minimum Gasteiger partial charge on any atom is -0.466 e. The lowest BCUT2D eigenvalue weighted by Crippen LogP contribution is -2.13. The minimum absolute atomic E-state index is 0.128. The summed E-state index contributed by atoms with van der Waals surface area (Å²) >= 11 is 1.38. The topological polar surface area (TPSA) is 74.1 Å². The Morgan fingerprint density at radius 3 is 2.67 bits per heavy atom. The number of ketones is 1. The van der Waals surface area contributed by atoms with E-state index in [1.165, 1.54) is 37.4 Å². The maximum Gasteiger partial charge on any atom is 0.313 e. The van der Waals surface area contributed by atoms with Crippen molar-refractivity contribution in [3.63, 3.8) is 0 Å². The van der Waals surface area contributed by atoms with Gasteiger partial charge in [0.25, 0.3) is 0 Å². The molecule has 1 heterocycles. The number of carbonyl (C=O) groups is 2. The number of aromatic nitrogens is 3. The molecule has 3 rings (SSSR count). The zero-order chi connectivity index (χ0) is 14.8. The van der Waals surface area contributed by atoms with Gasteiger partial charge in [-0.2, -0.15) is 0 Å². The largest absolute Gasteiger partial charge is 0.466 e. The molecule has 7 heteroatoms. The summed E-state index contributed by atoms with van der Waals surface area (Å²) in [7, 11) is 0. The Hall–Kier alpha value is -1.37. The highest BCUT2D eigenvalue weighted by atomic mass is 32.2. The van der Waals surface area contributed by atoms with E-state index in [0.29, 0.717) is 18.6 Å². The normalized spacial score (nSPS) is 17.8. The Kier molecular flexibility index (Phi) is 4.28. The monoisotopic (exact) mass is 309 g/mol. The number of rotatable bonds is 8. The van der Waals surface area contributed by atoms with Crippen LogP contribution >= 0.6 is 11.8 Å². The van der Waals surface area contributed by atoms with Crippen LogP contribution in [0.5, 0.6) is 0 Å². The molecule has 0 aromatic carbocycles. The van der Waals surface area contributed by atoms with Crippen molar-refractivity contribution in [1.29, 1.82) is 0 Å². The van der Waals surface area contributed by atoms with E-state index in [4.69, 9.17) is 4.74 Å². The third-order valence-electron chi connectivity index (χ3n) is 3.55. The molecule has 0 aliphatic heterocycles. The van der Waals surface area contributed by atoms with Crippen molar-refractivity contribution < 1.29 is 14.3 Å². The van der Waals surface area contributed by atoms with Crippen LogP contribution in [0, 0.1) is 0 Å². The highest BCUT2D eigenvalue weighted by Crippen LogP contribution is 2.45. The molecule has 0 spiro atoms. The lowest BCUT2D eigenvalue weighted by atomic mass is 10.3. The van der Waals surface area contributed by atoms with Gasteiger partial charge in [-0.1, -0.05) is 11.8 Å². The maximum atomic E-state index is 11.8. The van der Waals surface area contributed by atoms with Gasteiger partial charge in [0.2, 0.25) is 0 Å². The summed E-state index contributed by atoms with van der Waals surface area (Å²) in [4.78, 5) is 23.0. The van der Waals surface area contributed by atoms with Crippen LogP contribution in [0.3, 0.4) is 0 Å². The molecule has 0 amide bonds. The second-order valence-electron chi connectivity index (χ2n) is 5.53. The third kappa shape index (κ3) is 3.64. The SMILES string of the molecule is CCOC(=O)CC(=O)CSc1nnc(C2CC2)n1C1CC1. The smallest absolute Gasteiger partial charge is 0.313 e. The number of esters is 1. The molecule has 21 heavy (non-hydrogen) atoms. The number of carbonyl (C=O) groups excluding carboxylic acids is 2. The lowest BCUT2D eigenvalue weighted by molar-refractivity contribution is -0.145. The van der Waals surface area contributed by atoms with Crippen LogP contribution in [0.25, 0.3) is 0 Å². The van der Waals surface area contributed by atoms with E-state index in [0.717, 1.165) is 11.0 Å². The number of ether oxygens (including phenoxy) is 1. The van der Waals surface area contributed by atoms with Gasteiger partial charge in [-0.3, -0.25) is 9.59 Å². The molecule has 0 bridgehead atoms. The number of thioether (sulfide) groups is 1.